The van der Waals surface area contributed by atoms with Crippen LogP contribution in [0, 0.1) is 0 Å². The number of furan rings is 1. The number of halogens is 3. The van der Waals surface area contributed by atoms with Gasteiger partial charge in [-0.2, -0.15) is 13.2 Å². The minimum absolute atomic E-state index is 0.0313. The molecule has 29 heavy (non-hydrogen) atoms. The van der Waals surface area contributed by atoms with Gasteiger partial charge in [-0.25, -0.2) is 4.79 Å². The number of rotatable bonds is 3. The second kappa shape index (κ2) is 9.14. The molecule has 0 aliphatic carbocycles. The van der Waals surface area contributed by atoms with Crippen LogP contribution in [-0.4, -0.2) is 90.6 Å². The van der Waals surface area contributed by atoms with Crippen molar-refractivity contribution in [2.24, 2.45) is 0 Å². The maximum absolute atomic E-state index is 12.5. The zero-order valence-electron chi connectivity index (χ0n) is 15.6. The normalized spacial score (nSPS) is 27.3. The highest BCUT2D eigenvalue weighted by Crippen LogP contribution is 2.26. The van der Waals surface area contributed by atoms with Crippen LogP contribution >= 0.6 is 0 Å². The molecule has 3 atom stereocenters. The molecular formula is C18H23F3N2O6. The molecule has 162 valence electrons. The maximum atomic E-state index is 12.5. The van der Waals surface area contributed by atoms with Gasteiger partial charge in [-0.3, -0.25) is 9.69 Å². The fourth-order valence-electron chi connectivity index (χ4n) is 3.77. The Hall–Kier alpha value is -2.11. The molecule has 4 rings (SSSR count). The molecule has 4 heterocycles. The number of likely N-dealkylation sites (tertiary alicyclic amines) is 1. The molecule has 8 nitrogen and oxygen atoms in total. The first-order chi connectivity index (χ1) is 13.8. The molecule has 3 saturated heterocycles. The predicted octanol–water partition coefficient (Wildman–Crippen LogP) is 1.62. The van der Waals surface area contributed by atoms with Crippen molar-refractivity contribution in [3.05, 3.63) is 24.2 Å². The van der Waals surface area contributed by atoms with Crippen LogP contribution in [0.4, 0.5) is 13.2 Å². The Labute approximate surface area is 165 Å². The van der Waals surface area contributed by atoms with Gasteiger partial charge < -0.3 is 23.9 Å². The van der Waals surface area contributed by atoms with E-state index in [2.05, 4.69) is 4.90 Å². The van der Waals surface area contributed by atoms with Crippen LogP contribution in [0.25, 0.3) is 0 Å². The summed E-state index contributed by atoms with van der Waals surface area (Å²) in [6.07, 6.45) is 0.732. The summed E-state index contributed by atoms with van der Waals surface area (Å²) in [5.41, 5.74) is 0.615. The summed E-state index contributed by atoms with van der Waals surface area (Å²) in [5, 5.41) is 7.12. The van der Waals surface area contributed by atoms with Crippen molar-refractivity contribution in [3.8, 4) is 0 Å². The lowest BCUT2D eigenvalue weighted by Crippen LogP contribution is -2.52. The van der Waals surface area contributed by atoms with Gasteiger partial charge in [-0.15, -0.1) is 0 Å². The molecule has 0 radical (unpaired) electrons. The van der Waals surface area contributed by atoms with Crippen molar-refractivity contribution in [3.63, 3.8) is 0 Å². The zero-order chi connectivity index (χ0) is 21.0. The second-order valence-electron chi connectivity index (χ2n) is 7.13. The fourth-order valence-corrected chi connectivity index (χ4v) is 3.77. The maximum Gasteiger partial charge on any atom is 0.490 e. The van der Waals surface area contributed by atoms with Crippen LogP contribution < -0.4 is 0 Å². The average Bonchev–Trinajstić information content (AvgIpc) is 3.42. The van der Waals surface area contributed by atoms with E-state index in [9.17, 15) is 18.0 Å². The van der Waals surface area contributed by atoms with E-state index in [-0.39, 0.29) is 18.1 Å². The molecule has 1 aromatic heterocycles. The number of carbonyl (C=O) groups is 2. The molecule has 0 bridgehead atoms. The number of hydrogen-bond donors (Lipinski definition) is 1. The molecule has 1 unspecified atom stereocenters. The third kappa shape index (κ3) is 5.49. The molecule has 3 fully saturated rings. The number of carbonyl (C=O) groups excluding carboxylic acids is 1. The van der Waals surface area contributed by atoms with E-state index in [4.69, 9.17) is 23.8 Å². The van der Waals surface area contributed by atoms with Gasteiger partial charge in [0.2, 0.25) is 0 Å². The number of fused-ring (bicyclic) bond motifs is 1. The van der Waals surface area contributed by atoms with E-state index in [1.807, 2.05) is 4.90 Å². The van der Waals surface area contributed by atoms with Crippen molar-refractivity contribution in [2.75, 3.05) is 39.4 Å². The summed E-state index contributed by atoms with van der Waals surface area (Å²) in [5.74, 6) is -2.73. The highest BCUT2D eigenvalue weighted by molar-refractivity contribution is 5.94. The summed E-state index contributed by atoms with van der Waals surface area (Å²) in [7, 11) is 0. The van der Waals surface area contributed by atoms with E-state index in [1.165, 1.54) is 12.5 Å². The van der Waals surface area contributed by atoms with E-state index >= 15 is 0 Å². The number of morpholine rings is 1. The molecule has 0 aromatic carbocycles. The Morgan fingerprint density at radius 3 is 2.55 bits per heavy atom. The minimum atomic E-state index is -5.08. The topological polar surface area (TPSA) is 92.4 Å². The first kappa shape index (κ1) is 21.6. The smallest absolute Gasteiger partial charge is 0.475 e. The van der Waals surface area contributed by atoms with Crippen LogP contribution in [0.1, 0.15) is 23.2 Å². The van der Waals surface area contributed by atoms with Gasteiger partial charge in [0.25, 0.3) is 5.91 Å². The van der Waals surface area contributed by atoms with Crippen molar-refractivity contribution in [1.29, 1.82) is 0 Å². The summed E-state index contributed by atoms with van der Waals surface area (Å²) < 4.78 is 48.4. The Bertz CT molecular complexity index is 690. The third-order valence-corrected chi connectivity index (χ3v) is 5.18. The SMILES string of the molecule is O=C(O)C(F)(F)F.O=C(c1ccoc1)N1C[C@@H]2OCCN(CC3CCCO3)[C@@H]2C1. The summed E-state index contributed by atoms with van der Waals surface area (Å²) >= 11 is 0. The molecular weight excluding hydrogens is 397 g/mol. The molecule has 1 amide bonds. The van der Waals surface area contributed by atoms with Gasteiger partial charge in [0.05, 0.1) is 36.7 Å². The number of nitrogens with zero attached hydrogens (tertiary/aromatic N) is 2. The number of ether oxygens (including phenoxy) is 2. The highest BCUT2D eigenvalue weighted by atomic mass is 19.4. The molecule has 0 saturated carbocycles. The molecule has 3 aliphatic heterocycles. The third-order valence-electron chi connectivity index (χ3n) is 5.18. The number of hydrogen-bond acceptors (Lipinski definition) is 6. The van der Waals surface area contributed by atoms with Gasteiger partial charge >= 0.3 is 12.1 Å². The summed E-state index contributed by atoms with van der Waals surface area (Å²) in [6, 6.07) is 2.00. The van der Waals surface area contributed by atoms with Crippen LogP contribution in [0.5, 0.6) is 0 Å². The Balaban J connectivity index is 0.000000298. The van der Waals surface area contributed by atoms with Gasteiger partial charge in [0.15, 0.2) is 0 Å². The Morgan fingerprint density at radius 1 is 1.21 bits per heavy atom. The molecule has 3 aliphatic rings. The Kier molecular flexibility index (Phi) is 6.81. The van der Waals surface area contributed by atoms with E-state index < -0.39 is 12.1 Å². The Morgan fingerprint density at radius 2 is 1.97 bits per heavy atom. The summed E-state index contributed by atoms with van der Waals surface area (Å²) in [6.45, 7) is 4.89. The van der Waals surface area contributed by atoms with Crippen molar-refractivity contribution in [1.82, 2.24) is 9.80 Å². The molecule has 1 aromatic rings. The average molecular weight is 420 g/mol. The number of aliphatic carboxylic acids is 1. The number of alkyl halides is 3. The predicted molar refractivity (Wildman–Crippen MR) is 92.4 cm³/mol. The van der Waals surface area contributed by atoms with E-state index in [0.717, 1.165) is 45.7 Å². The minimum Gasteiger partial charge on any atom is -0.475 e. The highest BCUT2D eigenvalue weighted by Gasteiger charge is 2.42. The monoisotopic (exact) mass is 420 g/mol. The van der Waals surface area contributed by atoms with Crippen molar-refractivity contribution in [2.45, 2.75) is 37.3 Å². The van der Waals surface area contributed by atoms with Gasteiger partial charge in [-0.1, -0.05) is 0 Å². The first-order valence-electron chi connectivity index (χ1n) is 9.34. The lowest BCUT2D eigenvalue weighted by atomic mass is 10.1. The first-order valence-corrected chi connectivity index (χ1v) is 9.34. The lowest BCUT2D eigenvalue weighted by Gasteiger charge is -2.37. The lowest BCUT2D eigenvalue weighted by molar-refractivity contribution is -0.192. The standard InChI is InChI=1S/C16H22N2O4.C2HF3O2/c19-16(12-3-6-20-11-12)18-9-14-15(10-18)22-7-4-17(14)8-13-2-1-5-21-13;3-2(4,5)1(6)7/h3,6,11,13-15H,1-2,4-5,7-10H2;(H,6,7)/t13?,14-,15+;/m1./s1. The fraction of sp³-hybridized carbons (Fsp3) is 0.667. The second-order valence-corrected chi connectivity index (χ2v) is 7.13. The van der Waals surface area contributed by atoms with Gasteiger partial charge in [-0.05, 0) is 18.9 Å². The van der Waals surface area contributed by atoms with Crippen molar-refractivity contribution < 1.29 is 41.8 Å². The van der Waals surface area contributed by atoms with Crippen LogP contribution in [0.15, 0.2) is 23.0 Å². The largest absolute Gasteiger partial charge is 0.490 e. The van der Waals surface area contributed by atoms with E-state index in [0.29, 0.717) is 18.2 Å². The number of carboxylic acid groups (broad SMARTS) is 1. The van der Waals surface area contributed by atoms with Crippen LogP contribution in [0.2, 0.25) is 0 Å². The van der Waals surface area contributed by atoms with Gasteiger partial charge in [0, 0.05) is 32.8 Å². The molecule has 0 spiro atoms. The van der Waals surface area contributed by atoms with Crippen LogP contribution in [-0.2, 0) is 14.3 Å². The quantitative estimate of drug-likeness (QED) is 0.794. The summed E-state index contributed by atoms with van der Waals surface area (Å²) in [4.78, 5) is 25.7. The van der Waals surface area contributed by atoms with Crippen molar-refractivity contribution >= 4 is 11.9 Å². The van der Waals surface area contributed by atoms with E-state index in [1.54, 1.807) is 6.07 Å². The zero-order valence-corrected chi connectivity index (χ0v) is 15.6. The van der Waals surface area contributed by atoms with Crippen LogP contribution in [0.3, 0.4) is 0 Å². The molecule has 1 N–H and O–H groups in total. The van der Waals surface area contributed by atoms with Gasteiger partial charge in [0.1, 0.15) is 6.26 Å². The number of amides is 1. The molecule has 11 heteroatoms. The number of carboxylic acids is 1.